The Morgan fingerprint density at radius 3 is 2.00 bits per heavy atom. The van der Waals surface area contributed by atoms with Crippen LogP contribution in [0.1, 0.15) is 41.5 Å². The fourth-order valence-corrected chi connectivity index (χ4v) is 1.04. The molecule has 16 heavy (non-hydrogen) atoms. The van der Waals surface area contributed by atoms with Gasteiger partial charge in [-0.2, -0.15) is 0 Å². The molecule has 0 aliphatic rings. The van der Waals surface area contributed by atoms with Crippen molar-refractivity contribution >= 4 is 0 Å². The number of hydrogen-bond acceptors (Lipinski definition) is 4. The molecular formula is C12H26O4. The Balaban J connectivity index is 4.20. The van der Waals surface area contributed by atoms with E-state index in [2.05, 4.69) is 0 Å². The molecule has 0 amide bonds. The van der Waals surface area contributed by atoms with E-state index < -0.39 is 11.2 Å². The minimum atomic E-state index is -0.848. The van der Waals surface area contributed by atoms with Crippen molar-refractivity contribution in [2.45, 2.75) is 65.0 Å². The van der Waals surface area contributed by atoms with Crippen LogP contribution in [0.25, 0.3) is 0 Å². The highest BCUT2D eigenvalue weighted by Crippen LogP contribution is 2.20. The van der Waals surface area contributed by atoms with Crippen molar-refractivity contribution in [3.8, 4) is 0 Å². The lowest BCUT2D eigenvalue weighted by atomic mass is 10.0. The van der Waals surface area contributed by atoms with E-state index in [1.54, 1.807) is 13.8 Å². The van der Waals surface area contributed by atoms with Gasteiger partial charge >= 0.3 is 0 Å². The van der Waals surface area contributed by atoms with E-state index in [1.165, 1.54) is 0 Å². The standard InChI is InChI=1S/C12H26O4/c1-9(7-13)16-10(2)12(5,6)15-8-11(3,4)14/h9-10,13-14H,7-8H2,1-6H3. The maximum atomic E-state index is 9.58. The molecule has 0 aromatic carbocycles. The molecule has 98 valence electrons. The van der Waals surface area contributed by atoms with Crippen LogP contribution in [0, 0.1) is 0 Å². The molecular weight excluding hydrogens is 208 g/mol. The topological polar surface area (TPSA) is 58.9 Å². The van der Waals surface area contributed by atoms with E-state index in [-0.39, 0.29) is 25.4 Å². The van der Waals surface area contributed by atoms with E-state index in [1.807, 2.05) is 27.7 Å². The van der Waals surface area contributed by atoms with E-state index in [0.29, 0.717) is 0 Å². The van der Waals surface area contributed by atoms with Gasteiger partial charge in [-0.1, -0.05) is 0 Å². The smallest absolute Gasteiger partial charge is 0.0885 e. The van der Waals surface area contributed by atoms with Crippen LogP contribution in [0.2, 0.25) is 0 Å². The lowest BCUT2D eigenvalue weighted by Crippen LogP contribution is -2.44. The highest BCUT2D eigenvalue weighted by Gasteiger charge is 2.30. The minimum Gasteiger partial charge on any atom is -0.394 e. The van der Waals surface area contributed by atoms with Crippen LogP contribution in [0.5, 0.6) is 0 Å². The molecule has 0 radical (unpaired) electrons. The van der Waals surface area contributed by atoms with Gasteiger partial charge in [-0.15, -0.1) is 0 Å². The van der Waals surface area contributed by atoms with Crippen molar-refractivity contribution in [3.05, 3.63) is 0 Å². The molecule has 0 saturated heterocycles. The summed E-state index contributed by atoms with van der Waals surface area (Å²) in [5, 5.41) is 18.5. The third-order valence-corrected chi connectivity index (χ3v) is 2.47. The minimum absolute atomic E-state index is 0.00802. The van der Waals surface area contributed by atoms with Crippen LogP contribution in [0.3, 0.4) is 0 Å². The molecule has 0 fully saturated rings. The molecule has 0 bridgehead atoms. The molecule has 2 atom stereocenters. The molecule has 0 heterocycles. The van der Waals surface area contributed by atoms with Crippen molar-refractivity contribution < 1.29 is 19.7 Å². The van der Waals surface area contributed by atoms with E-state index in [4.69, 9.17) is 14.6 Å². The molecule has 0 aliphatic heterocycles. The summed E-state index contributed by atoms with van der Waals surface area (Å²) in [6.07, 6.45) is -0.364. The Kier molecular flexibility index (Phi) is 5.90. The van der Waals surface area contributed by atoms with Crippen LogP contribution in [0.15, 0.2) is 0 Å². The van der Waals surface area contributed by atoms with Gasteiger partial charge < -0.3 is 19.7 Å². The highest BCUT2D eigenvalue weighted by atomic mass is 16.6. The second-order valence-electron chi connectivity index (χ2n) is 5.48. The van der Waals surface area contributed by atoms with Crippen molar-refractivity contribution in [1.82, 2.24) is 0 Å². The van der Waals surface area contributed by atoms with Gasteiger partial charge in [0.05, 0.1) is 36.6 Å². The van der Waals surface area contributed by atoms with Gasteiger partial charge in [0.25, 0.3) is 0 Å². The quantitative estimate of drug-likeness (QED) is 0.698. The molecule has 4 heteroatoms. The molecule has 0 saturated carbocycles. The summed E-state index contributed by atoms with van der Waals surface area (Å²) in [4.78, 5) is 0. The first-order chi connectivity index (χ1) is 7.08. The second kappa shape index (κ2) is 5.96. The predicted molar refractivity (Wildman–Crippen MR) is 63.4 cm³/mol. The largest absolute Gasteiger partial charge is 0.394 e. The lowest BCUT2D eigenvalue weighted by Gasteiger charge is -2.35. The molecule has 0 spiro atoms. The molecule has 4 nitrogen and oxygen atoms in total. The monoisotopic (exact) mass is 234 g/mol. The summed E-state index contributed by atoms with van der Waals surface area (Å²) >= 11 is 0. The Labute approximate surface area is 98.6 Å². The van der Waals surface area contributed by atoms with Gasteiger partial charge in [0, 0.05) is 0 Å². The van der Waals surface area contributed by atoms with E-state index >= 15 is 0 Å². The van der Waals surface area contributed by atoms with Crippen LogP contribution >= 0.6 is 0 Å². The van der Waals surface area contributed by atoms with Gasteiger partial charge in [-0.3, -0.25) is 0 Å². The molecule has 0 aliphatic carbocycles. The summed E-state index contributed by atoms with van der Waals surface area (Å²) in [5.74, 6) is 0. The highest BCUT2D eigenvalue weighted by molar-refractivity contribution is 4.79. The first kappa shape index (κ1) is 15.8. The SMILES string of the molecule is CC(CO)OC(C)C(C)(C)OCC(C)(C)O. The normalized spacial score (nSPS) is 17.2. The third-order valence-electron chi connectivity index (χ3n) is 2.47. The van der Waals surface area contributed by atoms with Crippen LogP contribution in [-0.4, -0.2) is 46.8 Å². The Morgan fingerprint density at radius 2 is 1.62 bits per heavy atom. The van der Waals surface area contributed by atoms with Crippen LogP contribution in [-0.2, 0) is 9.47 Å². The van der Waals surface area contributed by atoms with Gasteiger partial charge in [0.2, 0.25) is 0 Å². The third kappa shape index (κ3) is 6.43. The Bertz CT molecular complexity index is 196. The van der Waals surface area contributed by atoms with Gasteiger partial charge in [0.1, 0.15) is 0 Å². The number of hydrogen-bond donors (Lipinski definition) is 2. The van der Waals surface area contributed by atoms with Gasteiger partial charge in [-0.25, -0.2) is 0 Å². The fraction of sp³-hybridized carbons (Fsp3) is 1.00. The predicted octanol–water partition coefficient (Wildman–Crippen LogP) is 1.34. The molecule has 0 aromatic rings. The summed E-state index contributed by atoms with van der Waals surface area (Å²) in [7, 11) is 0. The first-order valence-corrected chi connectivity index (χ1v) is 5.71. The van der Waals surface area contributed by atoms with Crippen molar-refractivity contribution in [2.24, 2.45) is 0 Å². The summed E-state index contributed by atoms with van der Waals surface area (Å²) in [6, 6.07) is 0. The maximum absolute atomic E-state index is 9.58. The second-order valence-corrected chi connectivity index (χ2v) is 5.48. The molecule has 2 unspecified atom stereocenters. The van der Waals surface area contributed by atoms with E-state index in [9.17, 15) is 5.11 Å². The van der Waals surface area contributed by atoms with Crippen molar-refractivity contribution in [3.63, 3.8) is 0 Å². The number of aliphatic hydroxyl groups is 2. The average molecular weight is 234 g/mol. The zero-order chi connectivity index (χ0) is 13.0. The first-order valence-electron chi connectivity index (χ1n) is 5.71. The summed E-state index contributed by atoms with van der Waals surface area (Å²) in [6.45, 7) is 11.2. The number of ether oxygens (including phenoxy) is 2. The van der Waals surface area contributed by atoms with E-state index in [0.717, 1.165) is 0 Å². The zero-order valence-electron chi connectivity index (χ0n) is 11.3. The molecule has 2 N–H and O–H groups in total. The van der Waals surface area contributed by atoms with Crippen molar-refractivity contribution in [1.29, 1.82) is 0 Å². The Morgan fingerprint density at radius 1 is 1.12 bits per heavy atom. The fourth-order valence-electron chi connectivity index (χ4n) is 1.04. The average Bonchev–Trinajstić information content (AvgIpc) is 2.13. The lowest BCUT2D eigenvalue weighted by molar-refractivity contribution is -0.166. The Hall–Kier alpha value is -0.160. The van der Waals surface area contributed by atoms with Gasteiger partial charge in [-0.05, 0) is 41.5 Å². The molecule has 0 rings (SSSR count). The maximum Gasteiger partial charge on any atom is 0.0885 e. The number of rotatable bonds is 7. The van der Waals surface area contributed by atoms with Crippen molar-refractivity contribution in [2.75, 3.05) is 13.2 Å². The van der Waals surface area contributed by atoms with Crippen LogP contribution < -0.4 is 0 Å². The molecule has 0 aromatic heterocycles. The summed E-state index contributed by atoms with van der Waals surface area (Å²) in [5.41, 5.74) is -1.34. The van der Waals surface area contributed by atoms with Crippen LogP contribution in [0.4, 0.5) is 0 Å². The zero-order valence-corrected chi connectivity index (χ0v) is 11.3. The summed E-state index contributed by atoms with van der Waals surface area (Å²) < 4.78 is 11.2. The number of aliphatic hydroxyl groups excluding tert-OH is 1. The van der Waals surface area contributed by atoms with Gasteiger partial charge in [0.15, 0.2) is 0 Å².